The Bertz CT molecular complexity index is 481. The number of carbonyl (C=O) groups excluding carboxylic acids is 1. The number of rotatable bonds is 3. The molecule has 1 unspecified atom stereocenters. The van der Waals surface area contributed by atoms with Crippen molar-refractivity contribution in [1.29, 1.82) is 0 Å². The number of halogens is 1. The Hall–Kier alpha value is -1.33. The number of aromatic nitrogens is 1. The first kappa shape index (κ1) is 15.7. The van der Waals surface area contributed by atoms with Crippen molar-refractivity contribution in [3.05, 3.63) is 28.7 Å². The summed E-state index contributed by atoms with van der Waals surface area (Å²) in [4.78, 5) is 23.4. The van der Waals surface area contributed by atoms with Crippen LogP contribution in [0.1, 0.15) is 19.8 Å². The van der Waals surface area contributed by atoms with E-state index < -0.39 is 0 Å². The van der Waals surface area contributed by atoms with Gasteiger partial charge < -0.3 is 15.2 Å². The Labute approximate surface area is 118 Å². The SMILES string of the molecule is CCn1cc(NC(=O)C2CCCNC2)ccc1=O.Cl. The molecule has 0 aromatic carbocycles. The summed E-state index contributed by atoms with van der Waals surface area (Å²) in [7, 11) is 0. The maximum Gasteiger partial charge on any atom is 0.250 e. The van der Waals surface area contributed by atoms with Gasteiger partial charge in [0, 0.05) is 25.4 Å². The monoisotopic (exact) mass is 285 g/mol. The average molecular weight is 286 g/mol. The van der Waals surface area contributed by atoms with Gasteiger partial charge in [-0.15, -0.1) is 12.4 Å². The molecular weight excluding hydrogens is 266 g/mol. The molecule has 106 valence electrons. The zero-order valence-corrected chi connectivity index (χ0v) is 11.8. The van der Waals surface area contributed by atoms with Crippen LogP contribution < -0.4 is 16.2 Å². The summed E-state index contributed by atoms with van der Waals surface area (Å²) in [6.07, 6.45) is 3.65. The summed E-state index contributed by atoms with van der Waals surface area (Å²) >= 11 is 0. The molecular formula is C13H20ClN3O2. The molecule has 1 aromatic heterocycles. The first-order valence-electron chi connectivity index (χ1n) is 6.43. The molecule has 6 heteroatoms. The van der Waals surface area contributed by atoms with E-state index in [-0.39, 0.29) is 29.8 Å². The van der Waals surface area contributed by atoms with Crippen LogP contribution in [0.2, 0.25) is 0 Å². The summed E-state index contributed by atoms with van der Waals surface area (Å²) in [5, 5.41) is 6.09. The molecule has 0 radical (unpaired) electrons. The third-order valence-corrected chi connectivity index (χ3v) is 3.26. The van der Waals surface area contributed by atoms with E-state index in [1.165, 1.54) is 6.07 Å². The number of carbonyl (C=O) groups is 1. The third kappa shape index (κ3) is 4.08. The van der Waals surface area contributed by atoms with E-state index in [0.29, 0.717) is 12.2 Å². The molecule has 1 aliphatic rings. The summed E-state index contributed by atoms with van der Waals surface area (Å²) in [5.41, 5.74) is 0.641. The fraction of sp³-hybridized carbons (Fsp3) is 0.538. The highest BCUT2D eigenvalue weighted by atomic mass is 35.5. The van der Waals surface area contributed by atoms with Crippen molar-refractivity contribution >= 4 is 24.0 Å². The van der Waals surface area contributed by atoms with Crippen LogP contribution in [-0.4, -0.2) is 23.6 Å². The minimum atomic E-state index is -0.0465. The van der Waals surface area contributed by atoms with Gasteiger partial charge in [-0.05, 0) is 32.4 Å². The van der Waals surface area contributed by atoms with Crippen LogP contribution >= 0.6 is 12.4 Å². The molecule has 0 spiro atoms. The number of aryl methyl sites for hydroxylation is 1. The number of hydrogen-bond donors (Lipinski definition) is 2. The maximum atomic E-state index is 12.0. The lowest BCUT2D eigenvalue weighted by Crippen LogP contribution is -2.37. The van der Waals surface area contributed by atoms with Crippen molar-refractivity contribution in [2.24, 2.45) is 5.92 Å². The zero-order valence-electron chi connectivity index (χ0n) is 11.0. The molecule has 1 aromatic rings. The van der Waals surface area contributed by atoms with Gasteiger partial charge in [0.2, 0.25) is 5.91 Å². The quantitative estimate of drug-likeness (QED) is 0.878. The van der Waals surface area contributed by atoms with Crippen LogP contribution in [0.15, 0.2) is 23.1 Å². The minimum Gasteiger partial charge on any atom is -0.325 e. The van der Waals surface area contributed by atoms with E-state index in [4.69, 9.17) is 0 Å². The fourth-order valence-corrected chi connectivity index (χ4v) is 2.17. The van der Waals surface area contributed by atoms with Gasteiger partial charge in [-0.25, -0.2) is 0 Å². The Morgan fingerprint density at radius 3 is 2.95 bits per heavy atom. The molecule has 2 N–H and O–H groups in total. The van der Waals surface area contributed by atoms with E-state index in [9.17, 15) is 9.59 Å². The van der Waals surface area contributed by atoms with Gasteiger partial charge in [0.25, 0.3) is 5.56 Å². The molecule has 2 heterocycles. The van der Waals surface area contributed by atoms with Gasteiger partial charge in [-0.2, -0.15) is 0 Å². The second kappa shape index (κ2) is 7.31. The van der Waals surface area contributed by atoms with Crippen molar-refractivity contribution in [3.63, 3.8) is 0 Å². The Balaban J connectivity index is 0.00000180. The van der Waals surface area contributed by atoms with Crippen LogP contribution in [0.3, 0.4) is 0 Å². The number of piperidine rings is 1. The summed E-state index contributed by atoms with van der Waals surface area (Å²) < 4.78 is 1.58. The smallest absolute Gasteiger partial charge is 0.250 e. The largest absolute Gasteiger partial charge is 0.325 e. The van der Waals surface area contributed by atoms with Gasteiger partial charge in [0.1, 0.15) is 0 Å². The van der Waals surface area contributed by atoms with Crippen molar-refractivity contribution < 1.29 is 4.79 Å². The lowest BCUT2D eigenvalue weighted by atomic mass is 9.99. The number of anilines is 1. The third-order valence-electron chi connectivity index (χ3n) is 3.26. The molecule has 0 aliphatic carbocycles. The van der Waals surface area contributed by atoms with Crippen LogP contribution in [0.25, 0.3) is 0 Å². The summed E-state index contributed by atoms with van der Waals surface area (Å²) in [5.74, 6) is 0.0595. The molecule has 19 heavy (non-hydrogen) atoms. The molecule has 0 bridgehead atoms. The Morgan fingerprint density at radius 1 is 1.53 bits per heavy atom. The molecule has 1 amide bonds. The van der Waals surface area contributed by atoms with Crippen molar-refractivity contribution in [2.75, 3.05) is 18.4 Å². The van der Waals surface area contributed by atoms with Crippen LogP contribution in [-0.2, 0) is 11.3 Å². The predicted molar refractivity (Wildman–Crippen MR) is 77.8 cm³/mol. The molecule has 1 saturated heterocycles. The number of pyridine rings is 1. The lowest BCUT2D eigenvalue weighted by Gasteiger charge is -2.22. The van der Waals surface area contributed by atoms with E-state index >= 15 is 0 Å². The topological polar surface area (TPSA) is 63.1 Å². The van der Waals surface area contributed by atoms with Crippen LogP contribution in [0.4, 0.5) is 5.69 Å². The van der Waals surface area contributed by atoms with E-state index in [2.05, 4.69) is 10.6 Å². The molecule has 0 saturated carbocycles. The lowest BCUT2D eigenvalue weighted by molar-refractivity contribution is -0.120. The van der Waals surface area contributed by atoms with Crippen LogP contribution in [0, 0.1) is 5.92 Å². The van der Waals surface area contributed by atoms with Crippen molar-refractivity contribution in [1.82, 2.24) is 9.88 Å². The normalized spacial score (nSPS) is 18.5. The highest BCUT2D eigenvalue weighted by molar-refractivity contribution is 5.92. The molecule has 2 rings (SSSR count). The second-order valence-corrected chi connectivity index (χ2v) is 4.57. The fourth-order valence-electron chi connectivity index (χ4n) is 2.17. The summed E-state index contributed by atoms with van der Waals surface area (Å²) in [6.45, 7) is 4.23. The maximum absolute atomic E-state index is 12.0. The predicted octanol–water partition coefficient (Wildman–Crippen LogP) is 1.23. The molecule has 1 fully saturated rings. The van der Waals surface area contributed by atoms with Crippen molar-refractivity contribution in [3.8, 4) is 0 Å². The number of hydrogen-bond acceptors (Lipinski definition) is 3. The molecule has 1 aliphatic heterocycles. The highest BCUT2D eigenvalue weighted by Crippen LogP contribution is 2.13. The second-order valence-electron chi connectivity index (χ2n) is 4.57. The highest BCUT2D eigenvalue weighted by Gasteiger charge is 2.20. The number of nitrogens with one attached hydrogen (secondary N) is 2. The van der Waals surface area contributed by atoms with Gasteiger partial charge in [0.15, 0.2) is 0 Å². The first-order valence-corrected chi connectivity index (χ1v) is 6.43. The Kier molecular flexibility index (Phi) is 6.05. The van der Waals surface area contributed by atoms with Gasteiger partial charge >= 0.3 is 0 Å². The Morgan fingerprint density at radius 2 is 2.32 bits per heavy atom. The van der Waals surface area contributed by atoms with Crippen molar-refractivity contribution in [2.45, 2.75) is 26.3 Å². The van der Waals surface area contributed by atoms with Crippen LogP contribution in [0.5, 0.6) is 0 Å². The summed E-state index contributed by atoms with van der Waals surface area (Å²) in [6, 6.07) is 3.14. The number of nitrogens with zero attached hydrogens (tertiary/aromatic N) is 1. The number of amides is 1. The van der Waals surface area contributed by atoms with Gasteiger partial charge in [-0.1, -0.05) is 0 Å². The van der Waals surface area contributed by atoms with E-state index in [1.54, 1.807) is 16.8 Å². The first-order chi connectivity index (χ1) is 8.70. The van der Waals surface area contributed by atoms with Gasteiger partial charge in [-0.3, -0.25) is 9.59 Å². The standard InChI is InChI=1S/C13H19N3O2.ClH/c1-2-16-9-11(5-6-12(16)17)15-13(18)10-4-3-7-14-8-10;/h5-6,9-10,14H,2-4,7-8H2,1H3,(H,15,18);1H. The van der Waals surface area contributed by atoms with Gasteiger partial charge in [0.05, 0.1) is 11.6 Å². The molecule has 1 atom stereocenters. The average Bonchev–Trinajstić information content (AvgIpc) is 2.42. The van der Waals surface area contributed by atoms with E-state index in [1.807, 2.05) is 6.92 Å². The van der Waals surface area contributed by atoms with E-state index in [0.717, 1.165) is 25.9 Å². The molecule has 5 nitrogen and oxygen atoms in total. The minimum absolute atomic E-state index is 0. The zero-order chi connectivity index (χ0) is 13.0.